The second-order valence-corrected chi connectivity index (χ2v) is 7.04. The van der Waals surface area contributed by atoms with E-state index in [0.29, 0.717) is 11.3 Å². The Morgan fingerprint density at radius 2 is 1.50 bits per heavy atom. The highest BCUT2D eigenvalue weighted by Gasteiger charge is 2.51. The van der Waals surface area contributed by atoms with E-state index in [1.54, 1.807) is 18.2 Å². The molecule has 0 bridgehead atoms. The Bertz CT molecular complexity index is 697. The van der Waals surface area contributed by atoms with Crippen molar-refractivity contribution >= 4 is 12.6 Å². The molecule has 0 radical (unpaired) electrons. The predicted octanol–water partition coefficient (Wildman–Crippen LogP) is 3.70. The van der Waals surface area contributed by atoms with Crippen molar-refractivity contribution in [3.05, 3.63) is 59.9 Å². The zero-order valence-electron chi connectivity index (χ0n) is 14.5. The number of ether oxygens (including phenoxy) is 1. The lowest BCUT2D eigenvalue weighted by Crippen LogP contribution is -2.41. The summed E-state index contributed by atoms with van der Waals surface area (Å²) in [5.41, 5.74) is 0.745. The molecule has 0 atom stereocenters. The Kier molecular flexibility index (Phi) is 4.41. The van der Waals surface area contributed by atoms with Crippen LogP contribution >= 0.6 is 0 Å². The molecule has 0 unspecified atom stereocenters. The molecule has 5 heteroatoms. The van der Waals surface area contributed by atoms with Crippen molar-refractivity contribution < 1.29 is 18.4 Å². The van der Waals surface area contributed by atoms with Crippen LogP contribution in [-0.2, 0) is 15.9 Å². The Balaban J connectivity index is 1.65. The first-order chi connectivity index (χ1) is 11.3. The topological polar surface area (TPSA) is 27.7 Å². The van der Waals surface area contributed by atoms with Gasteiger partial charge in [-0.25, -0.2) is 4.39 Å². The van der Waals surface area contributed by atoms with Crippen molar-refractivity contribution in [1.29, 1.82) is 0 Å². The summed E-state index contributed by atoms with van der Waals surface area (Å²) in [5, 5.41) is 0. The van der Waals surface area contributed by atoms with Gasteiger partial charge in [-0.05, 0) is 51.4 Å². The van der Waals surface area contributed by atoms with Crippen molar-refractivity contribution in [2.24, 2.45) is 0 Å². The van der Waals surface area contributed by atoms with E-state index in [-0.39, 0.29) is 23.6 Å². The Hall–Kier alpha value is -1.85. The van der Waals surface area contributed by atoms with E-state index >= 15 is 0 Å². The number of hydrogen-bond donors (Lipinski definition) is 0. The van der Waals surface area contributed by atoms with Gasteiger partial charge in [0.05, 0.1) is 11.2 Å². The summed E-state index contributed by atoms with van der Waals surface area (Å²) in [6.45, 7) is 8.30. The fourth-order valence-corrected chi connectivity index (χ4v) is 2.48. The van der Waals surface area contributed by atoms with E-state index in [4.69, 9.17) is 14.0 Å². The van der Waals surface area contributed by atoms with Gasteiger partial charge < -0.3 is 14.0 Å². The van der Waals surface area contributed by atoms with E-state index < -0.39 is 7.12 Å². The smallest absolute Gasteiger partial charge is 0.489 e. The molecule has 0 N–H and O–H groups in total. The number of benzene rings is 2. The Morgan fingerprint density at radius 1 is 0.917 bits per heavy atom. The van der Waals surface area contributed by atoms with Gasteiger partial charge in [0.15, 0.2) is 0 Å². The van der Waals surface area contributed by atoms with Gasteiger partial charge in [0.1, 0.15) is 18.2 Å². The summed E-state index contributed by atoms with van der Waals surface area (Å²) < 4.78 is 31.3. The highest BCUT2D eigenvalue weighted by molar-refractivity contribution is 6.62. The zero-order chi connectivity index (χ0) is 17.4. The maximum absolute atomic E-state index is 13.6. The molecule has 24 heavy (non-hydrogen) atoms. The average molecular weight is 328 g/mol. The molecule has 126 valence electrons. The summed E-state index contributed by atoms with van der Waals surface area (Å²) in [5.74, 6) is 0.421. The van der Waals surface area contributed by atoms with Gasteiger partial charge in [-0.15, -0.1) is 0 Å². The zero-order valence-corrected chi connectivity index (χ0v) is 14.5. The van der Waals surface area contributed by atoms with Crippen LogP contribution in [0.25, 0.3) is 0 Å². The molecule has 1 heterocycles. The maximum Gasteiger partial charge on any atom is 0.494 e. The molecule has 0 aromatic heterocycles. The second kappa shape index (κ2) is 6.23. The summed E-state index contributed by atoms with van der Waals surface area (Å²) in [6.07, 6.45) is 0. The van der Waals surface area contributed by atoms with Gasteiger partial charge >= 0.3 is 7.12 Å². The lowest BCUT2D eigenvalue weighted by atomic mass is 9.79. The van der Waals surface area contributed by atoms with Crippen LogP contribution in [0.1, 0.15) is 33.3 Å². The van der Waals surface area contributed by atoms with Crippen LogP contribution < -0.4 is 10.2 Å². The SMILES string of the molecule is CC1(C)OB(c2ccc(OCc3ccccc3F)cc2)OC1(C)C. The van der Waals surface area contributed by atoms with Crippen LogP contribution in [-0.4, -0.2) is 18.3 Å². The quantitative estimate of drug-likeness (QED) is 0.801. The minimum absolute atomic E-state index is 0.197. The van der Waals surface area contributed by atoms with Gasteiger partial charge in [0.25, 0.3) is 0 Å². The van der Waals surface area contributed by atoms with Crippen LogP contribution in [0, 0.1) is 5.82 Å². The molecule has 1 aliphatic heterocycles. The van der Waals surface area contributed by atoms with Crippen LogP contribution in [0.4, 0.5) is 4.39 Å². The normalized spacial score (nSPS) is 18.6. The van der Waals surface area contributed by atoms with Crippen LogP contribution in [0.15, 0.2) is 48.5 Å². The van der Waals surface area contributed by atoms with Gasteiger partial charge in [-0.3, -0.25) is 0 Å². The molecule has 0 aliphatic carbocycles. The van der Waals surface area contributed by atoms with Crippen molar-refractivity contribution in [2.45, 2.75) is 45.5 Å². The first-order valence-corrected chi connectivity index (χ1v) is 8.10. The van der Waals surface area contributed by atoms with Crippen LogP contribution in [0.5, 0.6) is 5.75 Å². The Morgan fingerprint density at radius 3 is 2.08 bits per heavy atom. The molecule has 0 amide bonds. The van der Waals surface area contributed by atoms with E-state index in [9.17, 15) is 4.39 Å². The maximum atomic E-state index is 13.6. The highest BCUT2D eigenvalue weighted by atomic mass is 19.1. The standard InChI is InChI=1S/C19H22BFO3/c1-18(2)19(3,4)24-20(23-18)15-9-11-16(12-10-15)22-13-14-7-5-6-8-17(14)21/h5-12H,13H2,1-4H3. The molecule has 2 aromatic carbocycles. The van der Waals surface area contributed by atoms with E-state index in [1.165, 1.54) is 6.07 Å². The third-order valence-electron chi connectivity index (χ3n) is 4.76. The lowest BCUT2D eigenvalue weighted by molar-refractivity contribution is 0.00578. The summed E-state index contributed by atoms with van der Waals surface area (Å²) in [4.78, 5) is 0. The molecule has 1 fully saturated rings. The van der Waals surface area contributed by atoms with Crippen LogP contribution in [0.2, 0.25) is 0 Å². The third-order valence-corrected chi connectivity index (χ3v) is 4.76. The number of rotatable bonds is 4. The van der Waals surface area contributed by atoms with Gasteiger partial charge in [-0.1, -0.05) is 30.3 Å². The van der Waals surface area contributed by atoms with Crippen LogP contribution in [0.3, 0.4) is 0 Å². The van der Waals surface area contributed by atoms with E-state index in [1.807, 2.05) is 52.0 Å². The molecule has 1 aliphatic rings. The molecule has 2 aromatic rings. The average Bonchev–Trinajstić information content (AvgIpc) is 2.75. The third kappa shape index (κ3) is 3.33. The fraction of sp³-hybridized carbons (Fsp3) is 0.368. The monoisotopic (exact) mass is 328 g/mol. The summed E-state index contributed by atoms with van der Waals surface area (Å²) >= 11 is 0. The molecule has 3 nitrogen and oxygen atoms in total. The predicted molar refractivity (Wildman–Crippen MR) is 92.9 cm³/mol. The lowest BCUT2D eigenvalue weighted by Gasteiger charge is -2.32. The number of hydrogen-bond acceptors (Lipinski definition) is 3. The summed E-state index contributed by atoms with van der Waals surface area (Å²) in [6, 6.07) is 14.1. The summed E-state index contributed by atoms with van der Waals surface area (Å²) in [7, 11) is -0.393. The van der Waals surface area contributed by atoms with Crippen molar-refractivity contribution in [1.82, 2.24) is 0 Å². The van der Waals surface area contributed by atoms with Crippen molar-refractivity contribution in [2.75, 3.05) is 0 Å². The highest BCUT2D eigenvalue weighted by Crippen LogP contribution is 2.36. The molecule has 1 saturated heterocycles. The minimum atomic E-state index is -0.393. The molecule has 0 saturated carbocycles. The van der Waals surface area contributed by atoms with E-state index in [2.05, 4.69) is 0 Å². The molecular formula is C19H22BFO3. The molecular weight excluding hydrogens is 306 g/mol. The Labute approximate surface area is 142 Å². The largest absolute Gasteiger partial charge is 0.494 e. The van der Waals surface area contributed by atoms with Crippen molar-refractivity contribution in [3.8, 4) is 5.75 Å². The first kappa shape index (κ1) is 17.0. The number of halogens is 1. The molecule has 3 rings (SSSR count). The van der Waals surface area contributed by atoms with Gasteiger partial charge in [-0.2, -0.15) is 0 Å². The van der Waals surface area contributed by atoms with E-state index in [0.717, 1.165) is 5.46 Å². The van der Waals surface area contributed by atoms with Crippen molar-refractivity contribution in [3.63, 3.8) is 0 Å². The minimum Gasteiger partial charge on any atom is -0.489 e. The fourth-order valence-electron chi connectivity index (χ4n) is 2.48. The van der Waals surface area contributed by atoms with Gasteiger partial charge in [0, 0.05) is 5.56 Å². The molecule has 0 spiro atoms. The second-order valence-electron chi connectivity index (χ2n) is 7.04. The first-order valence-electron chi connectivity index (χ1n) is 8.10. The van der Waals surface area contributed by atoms with Gasteiger partial charge in [0.2, 0.25) is 0 Å².